The molecule has 0 saturated carbocycles. The summed E-state index contributed by atoms with van der Waals surface area (Å²) in [4.78, 5) is 0. The molecular formula is C11H11F2N. The van der Waals surface area contributed by atoms with Crippen LogP contribution in [0.4, 0.5) is 8.78 Å². The van der Waals surface area contributed by atoms with E-state index >= 15 is 0 Å². The third-order valence-corrected chi connectivity index (χ3v) is 2.17. The summed E-state index contributed by atoms with van der Waals surface area (Å²) in [6.45, 7) is 1.61. The molecule has 0 fully saturated rings. The van der Waals surface area contributed by atoms with E-state index in [0.29, 0.717) is 11.1 Å². The van der Waals surface area contributed by atoms with Crippen molar-refractivity contribution in [2.24, 2.45) is 5.73 Å². The highest BCUT2D eigenvalue weighted by Crippen LogP contribution is 2.26. The lowest BCUT2D eigenvalue weighted by Crippen LogP contribution is -2.10. The summed E-state index contributed by atoms with van der Waals surface area (Å²) in [5.74, 6) is 2.32. The molecule has 1 unspecified atom stereocenters. The van der Waals surface area contributed by atoms with E-state index in [2.05, 4.69) is 5.92 Å². The Bertz CT molecular complexity index is 366. The first-order valence-electron chi connectivity index (χ1n) is 4.17. The van der Waals surface area contributed by atoms with Gasteiger partial charge in [0.2, 0.25) is 0 Å². The van der Waals surface area contributed by atoms with Crippen LogP contribution >= 0.6 is 0 Å². The first kappa shape index (κ1) is 10.7. The highest BCUT2D eigenvalue weighted by molar-refractivity contribution is 5.39. The van der Waals surface area contributed by atoms with Gasteiger partial charge >= 0.3 is 0 Å². The second-order valence-corrected chi connectivity index (χ2v) is 3.01. The minimum absolute atomic E-state index is 0.00630. The molecule has 0 radical (unpaired) electrons. The molecule has 0 saturated heterocycles. The standard InChI is InChI=1S/C11H11F2N/c1-3-10(14)8-5-4-6-9(7(8)2)11(12)13/h1,4-6,10-11H,14H2,2H3. The summed E-state index contributed by atoms with van der Waals surface area (Å²) in [6.07, 6.45) is 2.65. The molecule has 0 aromatic heterocycles. The zero-order valence-corrected chi connectivity index (χ0v) is 7.80. The fourth-order valence-electron chi connectivity index (χ4n) is 1.34. The predicted molar refractivity (Wildman–Crippen MR) is 51.9 cm³/mol. The number of nitrogens with two attached hydrogens (primary N) is 1. The van der Waals surface area contributed by atoms with Gasteiger partial charge in [0.25, 0.3) is 6.43 Å². The number of hydrogen-bond donors (Lipinski definition) is 1. The van der Waals surface area contributed by atoms with Crippen LogP contribution in [0.3, 0.4) is 0 Å². The fourth-order valence-corrected chi connectivity index (χ4v) is 1.34. The van der Waals surface area contributed by atoms with Gasteiger partial charge in [0, 0.05) is 5.56 Å². The van der Waals surface area contributed by atoms with Gasteiger partial charge in [0.05, 0.1) is 6.04 Å². The molecule has 1 rings (SSSR count). The van der Waals surface area contributed by atoms with Crippen molar-refractivity contribution in [2.75, 3.05) is 0 Å². The van der Waals surface area contributed by atoms with Crippen molar-refractivity contribution in [1.29, 1.82) is 0 Å². The highest BCUT2D eigenvalue weighted by atomic mass is 19.3. The maximum absolute atomic E-state index is 12.5. The maximum Gasteiger partial charge on any atom is 0.264 e. The van der Waals surface area contributed by atoms with Gasteiger partial charge in [-0.3, -0.25) is 0 Å². The largest absolute Gasteiger partial charge is 0.314 e. The van der Waals surface area contributed by atoms with Crippen LogP contribution in [0.1, 0.15) is 29.2 Å². The molecule has 74 valence electrons. The second kappa shape index (κ2) is 4.21. The monoisotopic (exact) mass is 195 g/mol. The van der Waals surface area contributed by atoms with Crippen LogP contribution in [0.25, 0.3) is 0 Å². The van der Waals surface area contributed by atoms with Crippen LogP contribution in [-0.4, -0.2) is 0 Å². The molecule has 0 amide bonds. The van der Waals surface area contributed by atoms with Gasteiger partial charge in [-0.15, -0.1) is 6.42 Å². The van der Waals surface area contributed by atoms with Crippen LogP contribution in [0, 0.1) is 19.3 Å². The average molecular weight is 195 g/mol. The quantitative estimate of drug-likeness (QED) is 0.721. The minimum Gasteiger partial charge on any atom is -0.314 e. The van der Waals surface area contributed by atoms with Crippen molar-refractivity contribution in [3.05, 3.63) is 34.9 Å². The molecule has 2 N–H and O–H groups in total. The van der Waals surface area contributed by atoms with E-state index in [1.54, 1.807) is 19.1 Å². The van der Waals surface area contributed by atoms with Crippen LogP contribution < -0.4 is 5.73 Å². The lowest BCUT2D eigenvalue weighted by molar-refractivity contribution is 0.150. The van der Waals surface area contributed by atoms with Gasteiger partial charge in [-0.25, -0.2) is 8.78 Å². The third-order valence-electron chi connectivity index (χ3n) is 2.17. The van der Waals surface area contributed by atoms with E-state index in [9.17, 15) is 8.78 Å². The van der Waals surface area contributed by atoms with Gasteiger partial charge in [0.15, 0.2) is 0 Å². The Balaban J connectivity index is 3.22. The van der Waals surface area contributed by atoms with Gasteiger partial charge in [-0.1, -0.05) is 24.1 Å². The molecule has 0 spiro atoms. The van der Waals surface area contributed by atoms with Crippen LogP contribution in [0.2, 0.25) is 0 Å². The first-order valence-corrected chi connectivity index (χ1v) is 4.17. The van der Waals surface area contributed by atoms with E-state index in [0.717, 1.165) is 0 Å². The Kier molecular flexibility index (Phi) is 3.21. The van der Waals surface area contributed by atoms with Crippen molar-refractivity contribution in [2.45, 2.75) is 19.4 Å². The molecule has 1 aromatic carbocycles. The van der Waals surface area contributed by atoms with E-state index in [1.165, 1.54) is 6.07 Å². The Morgan fingerprint density at radius 3 is 2.43 bits per heavy atom. The number of rotatable bonds is 2. The van der Waals surface area contributed by atoms with Crippen molar-refractivity contribution in [3.63, 3.8) is 0 Å². The fraction of sp³-hybridized carbons (Fsp3) is 0.273. The van der Waals surface area contributed by atoms with Gasteiger partial charge in [0.1, 0.15) is 0 Å². The maximum atomic E-state index is 12.5. The number of hydrogen-bond acceptors (Lipinski definition) is 1. The van der Waals surface area contributed by atoms with Gasteiger partial charge in [-0.2, -0.15) is 0 Å². The summed E-state index contributed by atoms with van der Waals surface area (Å²) in [5, 5.41) is 0. The van der Waals surface area contributed by atoms with Crippen molar-refractivity contribution >= 4 is 0 Å². The van der Waals surface area contributed by atoms with Crippen molar-refractivity contribution in [3.8, 4) is 12.3 Å². The molecular weight excluding hydrogens is 184 g/mol. The summed E-state index contributed by atoms with van der Waals surface area (Å²) < 4.78 is 25.0. The lowest BCUT2D eigenvalue weighted by atomic mass is 9.98. The molecule has 0 heterocycles. The zero-order valence-electron chi connectivity index (χ0n) is 7.80. The van der Waals surface area contributed by atoms with Crippen molar-refractivity contribution in [1.82, 2.24) is 0 Å². The van der Waals surface area contributed by atoms with Crippen LogP contribution in [-0.2, 0) is 0 Å². The molecule has 1 aromatic rings. The average Bonchev–Trinajstić information content (AvgIpc) is 2.16. The predicted octanol–water partition coefficient (Wildman–Crippen LogP) is 2.57. The molecule has 1 nitrogen and oxygen atoms in total. The van der Waals surface area contributed by atoms with Crippen LogP contribution in [0.5, 0.6) is 0 Å². The number of alkyl halides is 2. The third kappa shape index (κ3) is 1.91. The topological polar surface area (TPSA) is 26.0 Å². The molecule has 0 aliphatic rings. The number of benzene rings is 1. The van der Waals surface area contributed by atoms with Gasteiger partial charge in [-0.05, 0) is 18.1 Å². The zero-order chi connectivity index (χ0) is 10.7. The Morgan fingerprint density at radius 1 is 1.36 bits per heavy atom. The summed E-state index contributed by atoms with van der Waals surface area (Å²) in [7, 11) is 0. The molecule has 0 aliphatic carbocycles. The van der Waals surface area contributed by atoms with Crippen molar-refractivity contribution < 1.29 is 8.78 Å². The summed E-state index contributed by atoms with van der Waals surface area (Å²) in [6, 6.07) is 3.98. The minimum atomic E-state index is -2.49. The number of terminal acetylenes is 1. The van der Waals surface area contributed by atoms with Gasteiger partial charge < -0.3 is 5.73 Å². The highest BCUT2D eigenvalue weighted by Gasteiger charge is 2.14. The van der Waals surface area contributed by atoms with E-state index in [1.807, 2.05) is 0 Å². The smallest absolute Gasteiger partial charge is 0.264 e. The Morgan fingerprint density at radius 2 is 1.93 bits per heavy atom. The molecule has 3 heteroatoms. The van der Waals surface area contributed by atoms with E-state index in [4.69, 9.17) is 12.2 Å². The normalized spacial score (nSPS) is 12.6. The Hall–Kier alpha value is -1.40. The first-order chi connectivity index (χ1) is 6.57. The molecule has 0 bridgehead atoms. The van der Waals surface area contributed by atoms with E-state index < -0.39 is 12.5 Å². The molecule has 0 aliphatic heterocycles. The second-order valence-electron chi connectivity index (χ2n) is 3.01. The van der Waals surface area contributed by atoms with Crippen LogP contribution in [0.15, 0.2) is 18.2 Å². The molecule has 1 atom stereocenters. The number of halogens is 2. The van der Waals surface area contributed by atoms with E-state index in [-0.39, 0.29) is 5.56 Å². The lowest BCUT2D eigenvalue weighted by Gasteiger charge is -2.12. The molecule has 14 heavy (non-hydrogen) atoms. The summed E-state index contributed by atoms with van der Waals surface area (Å²) in [5.41, 5.74) is 6.64. The Labute approximate surface area is 81.9 Å². The SMILES string of the molecule is C#CC(N)c1cccc(C(F)F)c1C. The summed E-state index contributed by atoms with van der Waals surface area (Å²) >= 11 is 0.